The fourth-order valence-corrected chi connectivity index (χ4v) is 1.88. The summed E-state index contributed by atoms with van der Waals surface area (Å²) in [5, 5.41) is 6.36. The van der Waals surface area contributed by atoms with Crippen LogP contribution >= 0.6 is 11.6 Å². The zero-order valence-electron chi connectivity index (χ0n) is 7.80. The summed E-state index contributed by atoms with van der Waals surface area (Å²) in [4.78, 5) is 11.5. The predicted octanol–water partition coefficient (Wildman–Crippen LogP) is 1.42. The first-order chi connectivity index (χ1) is 6.72. The molecular formula is C10H11ClN2O. The first-order valence-corrected chi connectivity index (χ1v) is 4.85. The molecule has 1 aromatic rings. The molecule has 1 atom stereocenters. The van der Waals surface area contributed by atoms with Crippen LogP contribution in [-0.4, -0.2) is 19.0 Å². The van der Waals surface area contributed by atoms with Gasteiger partial charge in [0.2, 0.25) is 5.91 Å². The van der Waals surface area contributed by atoms with Crippen LogP contribution in [0.2, 0.25) is 5.02 Å². The highest BCUT2D eigenvalue weighted by Crippen LogP contribution is 2.29. The Morgan fingerprint density at radius 2 is 2.36 bits per heavy atom. The van der Waals surface area contributed by atoms with Crippen molar-refractivity contribution in [2.24, 2.45) is 0 Å². The van der Waals surface area contributed by atoms with E-state index in [1.807, 2.05) is 12.1 Å². The number of halogens is 1. The number of para-hydroxylation sites is 1. The Hall–Kier alpha value is -1.06. The summed E-state index contributed by atoms with van der Waals surface area (Å²) >= 11 is 5.96. The lowest BCUT2D eigenvalue weighted by Gasteiger charge is -2.24. The molecule has 0 saturated carbocycles. The topological polar surface area (TPSA) is 41.1 Å². The summed E-state index contributed by atoms with van der Waals surface area (Å²) in [5.74, 6) is -0.0203. The lowest BCUT2D eigenvalue weighted by atomic mass is 9.99. The second-order valence-corrected chi connectivity index (χ2v) is 3.72. The predicted molar refractivity (Wildman–Crippen MR) is 56.6 cm³/mol. The van der Waals surface area contributed by atoms with Crippen LogP contribution in [0.4, 0.5) is 5.69 Å². The summed E-state index contributed by atoms with van der Waals surface area (Å²) in [5.41, 5.74) is 1.84. The highest BCUT2D eigenvalue weighted by molar-refractivity contribution is 6.34. The number of hydrogen-bond acceptors (Lipinski definition) is 2. The molecule has 2 N–H and O–H groups in total. The third-order valence-corrected chi connectivity index (χ3v) is 2.75. The Morgan fingerprint density at radius 3 is 3.07 bits per heavy atom. The third kappa shape index (κ3) is 1.49. The van der Waals surface area contributed by atoms with Gasteiger partial charge in [-0.2, -0.15) is 0 Å². The molecule has 0 aromatic heterocycles. The molecule has 1 aliphatic rings. The zero-order chi connectivity index (χ0) is 10.1. The van der Waals surface area contributed by atoms with E-state index in [4.69, 9.17) is 11.6 Å². The van der Waals surface area contributed by atoms with Crippen molar-refractivity contribution in [2.75, 3.05) is 12.4 Å². The number of hydrogen-bond donors (Lipinski definition) is 2. The van der Waals surface area contributed by atoms with Gasteiger partial charge in [-0.15, -0.1) is 0 Å². The van der Waals surface area contributed by atoms with Gasteiger partial charge >= 0.3 is 0 Å². The van der Waals surface area contributed by atoms with Crippen molar-refractivity contribution in [3.63, 3.8) is 0 Å². The minimum atomic E-state index is -0.152. The quantitative estimate of drug-likeness (QED) is 0.736. The molecule has 0 bridgehead atoms. The number of amides is 1. The molecule has 1 unspecified atom stereocenters. The van der Waals surface area contributed by atoms with Gasteiger partial charge in [0.1, 0.15) is 0 Å². The van der Waals surface area contributed by atoms with Gasteiger partial charge in [-0.3, -0.25) is 4.79 Å². The molecule has 0 fully saturated rings. The van der Waals surface area contributed by atoms with E-state index >= 15 is 0 Å². The van der Waals surface area contributed by atoms with Gasteiger partial charge in [-0.05, 0) is 25.1 Å². The van der Waals surface area contributed by atoms with E-state index < -0.39 is 0 Å². The number of anilines is 1. The van der Waals surface area contributed by atoms with Gasteiger partial charge in [0.15, 0.2) is 0 Å². The van der Waals surface area contributed by atoms with E-state index in [-0.39, 0.29) is 11.9 Å². The monoisotopic (exact) mass is 210 g/mol. The van der Waals surface area contributed by atoms with Gasteiger partial charge in [-0.25, -0.2) is 0 Å². The van der Waals surface area contributed by atoms with Gasteiger partial charge in [0, 0.05) is 0 Å². The molecule has 0 saturated heterocycles. The first-order valence-electron chi connectivity index (χ1n) is 4.48. The summed E-state index contributed by atoms with van der Waals surface area (Å²) in [7, 11) is 1.78. The number of fused-ring (bicyclic) bond motifs is 1. The number of benzene rings is 1. The minimum absolute atomic E-state index is 0.0203. The maximum absolute atomic E-state index is 11.5. The summed E-state index contributed by atoms with van der Waals surface area (Å²) < 4.78 is 0. The van der Waals surface area contributed by atoms with Crippen LogP contribution in [0.15, 0.2) is 18.2 Å². The lowest BCUT2D eigenvalue weighted by molar-refractivity contribution is -0.118. The number of likely N-dealkylation sites (N-methyl/N-ethyl adjacent to an activating group) is 1. The van der Waals surface area contributed by atoms with Gasteiger partial charge in [-0.1, -0.05) is 23.7 Å². The van der Waals surface area contributed by atoms with Crippen molar-refractivity contribution in [2.45, 2.75) is 12.5 Å². The highest BCUT2D eigenvalue weighted by Gasteiger charge is 2.25. The molecule has 1 aromatic carbocycles. The fourth-order valence-electron chi connectivity index (χ4n) is 1.63. The van der Waals surface area contributed by atoms with E-state index in [9.17, 15) is 4.79 Å². The highest BCUT2D eigenvalue weighted by atomic mass is 35.5. The maximum atomic E-state index is 11.5. The molecule has 1 heterocycles. The Kier molecular flexibility index (Phi) is 2.44. The summed E-state index contributed by atoms with van der Waals surface area (Å²) in [6, 6.07) is 5.50. The largest absolute Gasteiger partial charge is 0.323 e. The summed E-state index contributed by atoms with van der Waals surface area (Å²) in [6.45, 7) is 0. The number of rotatable bonds is 1. The van der Waals surface area contributed by atoms with Gasteiger partial charge < -0.3 is 10.6 Å². The fraction of sp³-hybridized carbons (Fsp3) is 0.300. The molecule has 1 amide bonds. The molecule has 3 nitrogen and oxygen atoms in total. The second kappa shape index (κ2) is 3.59. The molecule has 0 aliphatic carbocycles. The van der Waals surface area contributed by atoms with Crippen LogP contribution in [0.1, 0.15) is 5.56 Å². The van der Waals surface area contributed by atoms with Crippen LogP contribution in [0.3, 0.4) is 0 Å². The first kappa shape index (κ1) is 9.49. The van der Waals surface area contributed by atoms with Crippen LogP contribution in [0.25, 0.3) is 0 Å². The molecule has 14 heavy (non-hydrogen) atoms. The molecule has 2 rings (SSSR count). The van der Waals surface area contributed by atoms with Crippen molar-refractivity contribution in [1.82, 2.24) is 5.32 Å². The van der Waals surface area contributed by atoms with Gasteiger partial charge in [0.25, 0.3) is 0 Å². The van der Waals surface area contributed by atoms with Crippen molar-refractivity contribution in [3.8, 4) is 0 Å². The van der Waals surface area contributed by atoms with E-state index in [1.165, 1.54) is 0 Å². The lowest BCUT2D eigenvalue weighted by Crippen LogP contribution is -2.43. The van der Waals surface area contributed by atoms with Crippen molar-refractivity contribution < 1.29 is 4.79 Å². The zero-order valence-corrected chi connectivity index (χ0v) is 8.56. The molecular weight excluding hydrogens is 200 g/mol. The van der Waals surface area contributed by atoms with Crippen LogP contribution < -0.4 is 10.6 Å². The molecule has 74 valence electrons. The molecule has 4 heteroatoms. The van der Waals surface area contributed by atoms with Crippen LogP contribution in [0, 0.1) is 0 Å². The van der Waals surface area contributed by atoms with E-state index in [2.05, 4.69) is 10.6 Å². The average Bonchev–Trinajstić information content (AvgIpc) is 2.19. The number of nitrogens with one attached hydrogen (secondary N) is 2. The number of carbonyl (C=O) groups is 1. The van der Waals surface area contributed by atoms with Crippen molar-refractivity contribution in [3.05, 3.63) is 28.8 Å². The Labute approximate surface area is 87.4 Å². The number of carbonyl (C=O) groups excluding carboxylic acids is 1. The Morgan fingerprint density at radius 1 is 1.57 bits per heavy atom. The SMILES string of the molecule is CNC1Cc2cccc(Cl)c2NC1=O. The van der Waals surface area contributed by atoms with Crippen molar-refractivity contribution >= 4 is 23.2 Å². The smallest absolute Gasteiger partial charge is 0.241 e. The minimum Gasteiger partial charge on any atom is -0.323 e. The van der Waals surface area contributed by atoms with Gasteiger partial charge in [0.05, 0.1) is 16.8 Å². The molecule has 1 aliphatic heterocycles. The standard InChI is InChI=1S/C10H11ClN2O/c1-12-8-5-6-3-2-4-7(11)9(6)13-10(8)14/h2-4,8,12H,5H2,1H3,(H,13,14). The molecule has 0 radical (unpaired) electrons. The van der Waals surface area contributed by atoms with E-state index in [0.29, 0.717) is 11.4 Å². The van der Waals surface area contributed by atoms with Crippen LogP contribution in [-0.2, 0) is 11.2 Å². The third-order valence-electron chi connectivity index (χ3n) is 2.44. The average molecular weight is 211 g/mol. The second-order valence-electron chi connectivity index (χ2n) is 3.31. The van der Waals surface area contributed by atoms with Crippen LogP contribution in [0.5, 0.6) is 0 Å². The maximum Gasteiger partial charge on any atom is 0.241 e. The Bertz CT molecular complexity index is 378. The Balaban J connectivity index is 2.40. The van der Waals surface area contributed by atoms with E-state index in [0.717, 1.165) is 11.3 Å². The molecule has 0 spiro atoms. The summed E-state index contributed by atoms with van der Waals surface area (Å²) in [6.07, 6.45) is 0.693. The normalized spacial score (nSPS) is 20.1. The van der Waals surface area contributed by atoms with Crippen molar-refractivity contribution in [1.29, 1.82) is 0 Å². The van der Waals surface area contributed by atoms with E-state index in [1.54, 1.807) is 13.1 Å².